The number of aliphatic hydroxyl groups is 1. The van der Waals surface area contributed by atoms with Gasteiger partial charge in [-0.15, -0.1) is 0 Å². The van der Waals surface area contributed by atoms with Crippen LogP contribution in [0.2, 0.25) is 0 Å². The van der Waals surface area contributed by atoms with Crippen molar-refractivity contribution in [3.63, 3.8) is 0 Å². The molecule has 0 aliphatic carbocycles. The number of aliphatic hydroxyl groups excluding tert-OH is 1. The largest absolute Gasteiger partial charge is 0.395 e. The third-order valence-electron chi connectivity index (χ3n) is 0.639. The van der Waals surface area contributed by atoms with E-state index < -0.39 is 16.3 Å². The first-order valence-corrected chi connectivity index (χ1v) is 3.91. The smallest absolute Gasteiger partial charge is 0.274 e. The van der Waals surface area contributed by atoms with Crippen LogP contribution in [0, 0.1) is 0 Å². The lowest BCUT2D eigenvalue weighted by atomic mass is 10.4. The van der Waals surface area contributed by atoms with Crippen molar-refractivity contribution in [3.05, 3.63) is 0 Å². The van der Waals surface area contributed by atoms with Crippen LogP contribution in [0.3, 0.4) is 0 Å². The van der Waals surface area contributed by atoms with Crippen LogP contribution in [0.4, 0.5) is 0 Å². The molecule has 56 valence electrons. The predicted octanol–water partition coefficient (Wildman–Crippen LogP) is -1.84. The zero-order valence-corrected chi connectivity index (χ0v) is 5.85. The third kappa shape index (κ3) is 5.71. The van der Waals surface area contributed by atoms with Gasteiger partial charge in [-0.2, -0.15) is 13.1 Å². The maximum absolute atomic E-state index is 10.2. The molecular formula is C3H10N2O3S. The van der Waals surface area contributed by atoms with Crippen LogP contribution in [0.5, 0.6) is 0 Å². The topological polar surface area (TPSA) is 92.4 Å². The van der Waals surface area contributed by atoms with Crippen LogP contribution in [0.15, 0.2) is 0 Å². The molecule has 0 spiro atoms. The van der Waals surface area contributed by atoms with E-state index in [-0.39, 0.29) is 6.61 Å². The highest BCUT2D eigenvalue weighted by atomic mass is 32.2. The van der Waals surface area contributed by atoms with Crippen molar-refractivity contribution in [3.8, 4) is 0 Å². The average molecular weight is 154 g/mol. The Bertz CT molecular complexity index is 164. The Morgan fingerprint density at radius 3 is 2.33 bits per heavy atom. The monoisotopic (exact) mass is 154 g/mol. The third-order valence-corrected chi connectivity index (χ3v) is 1.37. The first kappa shape index (κ1) is 8.83. The minimum Gasteiger partial charge on any atom is -0.395 e. The fourth-order valence-corrected chi connectivity index (χ4v) is 0.953. The zero-order valence-electron chi connectivity index (χ0n) is 5.03. The molecule has 0 heterocycles. The van der Waals surface area contributed by atoms with Crippen molar-refractivity contribution >= 4 is 10.2 Å². The summed E-state index contributed by atoms with van der Waals surface area (Å²) >= 11 is 0. The van der Waals surface area contributed by atoms with Gasteiger partial charge in [-0.1, -0.05) is 0 Å². The SMILES string of the molecule is CC(CO)NS(N)(=O)=O. The van der Waals surface area contributed by atoms with Crippen LogP contribution in [-0.2, 0) is 10.2 Å². The molecule has 0 aliphatic heterocycles. The van der Waals surface area contributed by atoms with Crippen molar-refractivity contribution < 1.29 is 13.5 Å². The van der Waals surface area contributed by atoms with E-state index in [1.807, 2.05) is 4.72 Å². The molecule has 4 N–H and O–H groups in total. The van der Waals surface area contributed by atoms with Crippen LogP contribution < -0.4 is 9.86 Å². The summed E-state index contributed by atoms with van der Waals surface area (Å²) in [6, 6.07) is -0.514. The Morgan fingerprint density at radius 2 is 2.22 bits per heavy atom. The molecular weight excluding hydrogens is 144 g/mol. The second-order valence-electron chi connectivity index (χ2n) is 1.75. The molecule has 0 aromatic heterocycles. The van der Waals surface area contributed by atoms with Crippen molar-refractivity contribution in [2.24, 2.45) is 5.14 Å². The van der Waals surface area contributed by atoms with E-state index in [2.05, 4.69) is 5.14 Å². The molecule has 0 saturated heterocycles. The van der Waals surface area contributed by atoms with Gasteiger partial charge in [0.15, 0.2) is 0 Å². The predicted molar refractivity (Wildman–Crippen MR) is 32.8 cm³/mol. The van der Waals surface area contributed by atoms with E-state index in [4.69, 9.17) is 5.11 Å². The minimum atomic E-state index is -3.65. The highest BCUT2D eigenvalue weighted by molar-refractivity contribution is 7.87. The summed E-state index contributed by atoms with van der Waals surface area (Å²) in [5, 5.41) is 12.9. The van der Waals surface area contributed by atoms with Gasteiger partial charge in [0, 0.05) is 6.04 Å². The molecule has 0 rings (SSSR count). The second kappa shape index (κ2) is 3.11. The minimum absolute atomic E-state index is 0.254. The average Bonchev–Trinajstić information content (AvgIpc) is 1.62. The Kier molecular flexibility index (Phi) is 3.06. The molecule has 0 aliphatic rings. The standard InChI is InChI=1S/C3H10N2O3S/c1-3(2-6)5-9(4,7)8/h3,5-6H,2H2,1H3,(H2,4,7,8). The van der Waals surface area contributed by atoms with Gasteiger partial charge >= 0.3 is 0 Å². The van der Waals surface area contributed by atoms with E-state index in [0.717, 1.165) is 0 Å². The lowest BCUT2D eigenvalue weighted by Crippen LogP contribution is -2.39. The number of nitrogens with two attached hydrogens (primary N) is 1. The normalized spacial score (nSPS) is 15.4. The van der Waals surface area contributed by atoms with E-state index in [1.165, 1.54) is 6.92 Å². The van der Waals surface area contributed by atoms with Gasteiger partial charge in [-0.25, -0.2) is 5.14 Å². The van der Waals surface area contributed by atoms with Gasteiger partial charge < -0.3 is 5.11 Å². The molecule has 0 aromatic rings. The van der Waals surface area contributed by atoms with E-state index in [0.29, 0.717) is 0 Å². The summed E-state index contributed by atoms with van der Waals surface area (Å²) in [6.07, 6.45) is 0. The maximum Gasteiger partial charge on any atom is 0.274 e. The van der Waals surface area contributed by atoms with Gasteiger partial charge in [0.25, 0.3) is 10.2 Å². The summed E-state index contributed by atoms with van der Waals surface area (Å²) in [5.41, 5.74) is 0. The molecule has 0 bridgehead atoms. The van der Waals surface area contributed by atoms with Crippen molar-refractivity contribution in [1.29, 1.82) is 0 Å². The van der Waals surface area contributed by atoms with Crippen molar-refractivity contribution in [1.82, 2.24) is 4.72 Å². The van der Waals surface area contributed by atoms with Gasteiger partial charge in [0.1, 0.15) is 0 Å². The molecule has 5 nitrogen and oxygen atoms in total. The molecule has 6 heteroatoms. The Balaban J connectivity index is 3.75. The summed E-state index contributed by atoms with van der Waals surface area (Å²) in [4.78, 5) is 0. The van der Waals surface area contributed by atoms with E-state index >= 15 is 0 Å². The zero-order chi connectivity index (χ0) is 7.49. The highest BCUT2D eigenvalue weighted by Gasteiger charge is 2.05. The fourth-order valence-electron chi connectivity index (χ4n) is 0.318. The Morgan fingerprint density at radius 1 is 1.78 bits per heavy atom. The molecule has 0 aromatic carbocycles. The van der Waals surface area contributed by atoms with Crippen LogP contribution >= 0.6 is 0 Å². The molecule has 9 heavy (non-hydrogen) atoms. The fraction of sp³-hybridized carbons (Fsp3) is 1.00. The first-order valence-electron chi connectivity index (χ1n) is 2.36. The Labute approximate surface area is 54.0 Å². The lowest BCUT2D eigenvalue weighted by molar-refractivity contribution is 0.265. The van der Waals surface area contributed by atoms with E-state index in [1.54, 1.807) is 0 Å². The van der Waals surface area contributed by atoms with Crippen LogP contribution in [0.25, 0.3) is 0 Å². The quantitative estimate of drug-likeness (QED) is 0.446. The van der Waals surface area contributed by atoms with Crippen LogP contribution in [-0.4, -0.2) is 26.2 Å². The molecule has 1 unspecified atom stereocenters. The molecule has 1 atom stereocenters. The molecule has 0 radical (unpaired) electrons. The Hall–Kier alpha value is -0.170. The maximum atomic E-state index is 10.2. The summed E-state index contributed by atoms with van der Waals surface area (Å²) in [5.74, 6) is 0. The number of rotatable bonds is 3. The van der Waals surface area contributed by atoms with E-state index in [9.17, 15) is 8.42 Å². The molecule has 0 saturated carbocycles. The van der Waals surface area contributed by atoms with Gasteiger partial charge in [-0.05, 0) is 6.92 Å². The summed E-state index contributed by atoms with van der Waals surface area (Å²) in [7, 11) is -3.65. The number of hydrogen-bond donors (Lipinski definition) is 3. The lowest BCUT2D eigenvalue weighted by Gasteiger charge is -2.06. The van der Waals surface area contributed by atoms with Gasteiger partial charge in [0.05, 0.1) is 6.61 Å². The van der Waals surface area contributed by atoms with Gasteiger partial charge in [0.2, 0.25) is 0 Å². The first-order chi connectivity index (χ1) is 3.95. The summed E-state index contributed by atoms with van der Waals surface area (Å²) < 4.78 is 22.3. The van der Waals surface area contributed by atoms with Gasteiger partial charge in [-0.3, -0.25) is 0 Å². The second-order valence-corrected chi connectivity index (χ2v) is 3.07. The molecule has 0 fully saturated rings. The number of nitrogens with one attached hydrogen (secondary N) is 1. The number of hydrogen-bond acceptors (Lipinski definition) is 3. The summed E-state index contributed by atoms with van der Waals surface area (Å²) in [6.45, 7) is 1.25. The van der Waals surface area contributed by atoms with Crippen LogP contribution in [0.1, 0.15) is 6.92 Å². The highest BCUT2D eigenvalue weighted by Crippen LogP contribution is 1.78. The van der Waals surface area contributed by atoms with Crippen molar-refractivity contribution in [2.75, 3.05) is 6.61 Å². The molecule has 0 amide bonds. The van der Waals surface area contributed by atoms with Crippen molar-refractivity contribution in [2.45, 2.75) is 13.0 Å².